The number of carbonyl (C=O) groups is 3. The number of fused-ring (bicyclic) bond motifs is 1. The smallest absolute Gasteiger partial charge is 0.273 e. The molecule has 27 heavy (non-hydrogen) atoms. The number of aryl methyl sites for hydroxylation is 1. The van der Waals surface area contributed by atoms with Gasteiger partial charge in [-0.25, -0.2) is 4.98 Å². The Morgan fingerprint density at radius 2 is 2.00 bits per heavy atom. The fourth-order valence-electron chi connectivity index (χ4n) is 4.13. The number of benzene rings is 1. The van der Waals surface area contributed by atoms with E-state index in [4.69, 9.17) is 5.73 Å². The van der Waals surface area contributed by atoms with Gasteiger partial charge in [0.2, 0.25) is 11.8 Å². The number of carbonyl (C=O) groups excluding carboxylic acids is 3. The van der Waals surface area contributed by atoms with Crippen molar-refractivity contribution in [3.8, 4) is 0 Å². The van der Waals surface area contributed by atoms with Gasteiger partial charge in [0.25, 0.3) is 5.91 Å². The monoisotopic (exact) mass is 384 g/mol. The van der Waals surface area contributed by atoms with Gasteiger partial charge in [0.15, 0.2) is 0 Å². The van der Waals surface area contributed by atoms with E-state index < -0.39 is 11.8 Å². The zero-order chi connectivity index (χ0) is 19.1. The van der Waals surface area contributed by atoms with Crippen LogP contribution >= 0.6 is 11.3 Å². The van der Waals surface area contributed by atoms with Crippen LogP contribution in [0.15, 0.2) is 35.7 Å². The van der Waals surface area contributed by atoms with E-state index >= 15 is 0 Å². The maximum Gasteiger partial charge on any atom is 0.273 e. The Bertz CT molecular complexity index is 897. The van der Waals surface area contributed by atoms with Crippen LogP contribution in [-0.4, -0.2) is 51.6 Å². The predicted octanol–water partition coefficient (Wildman–Crippen LogP) is 1.35. The van der Waals surface area contributed by atoms with Crippen molar-refractivity contribution in [1.29, 1.82) is 0 Å². The van der Waals surface area contributed by atoms with E-state index in [0.717, 1.165) is 10.6 Å². The summed E-state index contributed by atoms with van der Waals surface area (Å²) >= 11 is 1.40. The second-order valence-corrected chi connectivity index (χ2v) is 8.05. The molecule has 0 bridgehead atoms. The molecule has 2 aromatic rings. The van der Waals surface area contributed by atoms with Crippen molar-refractivity contribution in [3.63, 3.8) is 0 Å². The Kier molecular flexibility index (Phi) is 4.43. The molecule has 3 heterocycles. The normalized spacial score (nSPS) is 24.8. The van der Waals surface area contributed by atoms with Crippen LogP contribution in [0.4, 0.5) is 0 Å². The first-order valence-electron chi connectivity index (χ1n) is 8.82. The SMILES string of the molecule is Cc1nc(C(=O)N2CC(=O)N3[C@H](C[C@@H](C(N)=O)[C@H]3c3ccccc3)C2)cs1. The molecule has 0 radical (unpaired) electrons. The summed E-state index contributed by atoms with van der Waals surface area (Å²) in [6.45, 7) is 2.21. The Morgan fingerprint density at radius 1 is 1.26 bits per heavy atom. The molecule has 2 aliphatic rings. The minimum atomic E-state index is -0.460. The summed E-state index contributed by atoms with van der Waals surface area (Å²) in [6, 6.07) is 8.88. The van der Waals surface area contributed by atoms with E-state index in [1.807, 2.05) is 37.3 Å². The first-order valence-corrected chi connectivity index (χ1v) is 9.70. The highest BCUT2D eigenvalue weighted by molar-refractivity contribution is 7.09. The Morgan fingerprint density at radius 3 is 2.63 bits per heavy atom. The third kappa shape index (κ3) is 3.10. The quantitative estimate of drug-likeness (QED) is 0.864. The maximum absolute atomic E-state index is 12.9. The molecule has 3 amide bonds. The second kappa shape index (κ2) is 6.77. The van der Waals surface area contributed by atoms with Crippen LogP contribution in [0.2, 0.25) is 0 Å². The van der Waals surface area contributed by atoms with Gasteiger partial charge < -0.3 is 15.5 Å². The molecule has 1 aromatic carbocycles. The predicted molar refractivity (Wildman–Crippen MR) is 99.9 cm³/mol. The highest BCUT2D eigenvalue weighted by Gasteiger charge is 2.50. The third-order valence-electron chi connectivity index (χ3n) is 5.28. The largest absolute Gasteiger partial charge is 0.369 e. The summed E-state index contributed by atoms with van der Waals surface area (Å²) in [5.41, 5.74) is 6.91. The molecular weight excluding hydrogens is 364 g/mol. The molecule has 3 atom stereocenters. The van der Waals surface area contributed by atoms with Gasteiger partial charge >= 0.3 is 0 Å². The first-order chi connectivity index (χ1) is 13.0. The topological polar surface area (TPSA) is 96.6 Å². The number of aromatic nitrogens is 1. The number of nitrogens with two attached hydrogens (primary N) is 1. The fourth-order valence-corrected chi connectivity index (χ4v) is 4.72. The molecule has 2 saturated heterocycles. The number of nitrogens with zero attached hydrogens (tertiary/aromatic N) is 3. The van der Waals surface area contributed by atoms with Gasteiger partial charge in [-0.05, 0) is 18.9 Å². The van der Waals surface area contributed by atoms with E-state index in [1.54, 1.807) is 10.3 Å². The molecule has 0 aliphatic carbocycles. The molecule has 4 rings (SSSR count). The summed E-state index contributed by atoms with van der Waals surface area (Å²) < 4.78 is 0. The zero-order valence-electron chi connectivity index (χ0n) is 14.9. The zero-order valence-corrected chi connectivity index (χ0v) is 15.7. The van der Waals surface area contributed by atoms with Crippen molar-refractivity contribution in [2.45, 2.75) is 25.4 Å². The van der Waals surface area contributed by atoms with Gasteiger partial charge in [-0.2, -0.15) is 0 Å². The van der Waals surface area contributed by atoms with Crippen molar-refractivity contribution in [2.75, 3.05) is 13.1 Å². The van der Waals surface area contributed by atoms with E-state index in [-0.39, 0.29) is 30.4 Å². The van der Waals surface area contributed by atoms with Crippen LogP contribution in [0.25, 0.3) is 0 Å². The minimum absolute atomic E-state index is 0.0132. The molecule has 1 aromatic heterocycles. The molecule has 7 nitrogen and oxygen atoms in total. The lowest BCUT2D eigenvalue weighted by Gasteiger charge is -2.39. The number of hydrogen-bond donors (Lipinski definition) is 1. The van der Waals surface area contributed by atoms with E-state index in [2.05, 4.69) is 4.98 Å². The van der Waals surface area contributed by atoms with Crippen LogP contribution < -0.4 is 5.73 Å². The standard InChI is InChI=1S/C19H20N4O3S/c1-11-21-15(10-27-11)19(26)22-8-13-7-14(18(20)25)17(23(13)16(24)9-22)12-5-3-2-4-6-12/h2-6,10,13-14,17H,7-9H2,1H3,(H2,20,25)/t13-,14-,17-/m1/s1. The number of hydrogen-bond acceptors (Lipinski definition) is 5. The second-order valence-electron chi connectivity index (χ2n) is 6.99. The van der Waals surface area contributed by atoms with E-state index in [0.29, 0.717) is 18.7 Å². The molecular formula is C19H20N4O3S. The lowest BCUT2D eigenvalue weighted by Crippen LogP contribution is -2.56. The van der Waals surface area contributed by atoms with E-state index in [9.17, 15) is 14.4 Å². The lowest BCUT2D eigenvalue weighted by molar-refractivity contribution is -0.139. The number of primary amides is 1. The Balaban J connectivity index is 1.62. The van der Waals surface area contributed by atoms with Gasteiger partial charge in [-0.1, -0.05) is 30.3 Å². The van der Waals surface area contributed by atoms with Crippen LogP contribution in [-0.2, 0) is 9.59 Å². The first kappa shape index (κ1) is 17.7. The van der Waals surface area contributed by atoms with Crippen molar-refractivity contribution in [3.05, 3.63) is 52.0 Å². The van der Waals surface area contributed by atoms with Gasteiger partial charge in [0, 0.05) is 11.9 Å². The molecule has 8 heteroatoms. The van der Waals surface area contributed by atoms with Gasteiger partial charge in [0.05, 0.1) is 23.0 Å². The highest BCUT2D eigenvalue weighted by Crippen LogP contribution is 2.42. The maximum atomic E-state index is 12.9. The molecule has 2 N–H and O–H groups in total. The van der Waals surface area contributed by atoms with Gasteiger partial charge in [-0.3, -0.25) is 14.4 Å². The molecule has 0 saturated carbocycles. The lowest BCUT2D eigenvalue weighted by atomic mass is 9.92. The van der Waals surface area contributed by atoms with Crippen LogP contribution in [0, 0.1) is 12.8 Å². The van der Waals surface area contributed by atoms with E-state index in [1.165, 1.54) is 16.2 Å². The van der Waals surface area contributed by atoms with Gasteiger partial charge in [0.1, 0.15) is 12.2 Å². The van der Waals surface area contributed by atoms with Crippen LogP contribution in [0.3, 0.4) is 0 Å². The Hall–Kier alpha value is -2.74. The van der Waals surface area contributed by atoms with Crippen molar-refractivity contribution < 1.29 is 14.4 Å². The number of piperazine rings is 1. The van der Waals surface area contributed by atoms with Gasteiger partial charge in [-0.15, -0.1) is 11.3 Å². The molecule has 140 valence electrons. The van der Waals surface area contributed by atoms with Crippen molar-refractivity contribution in [1.82, 2.24) is 14.8 Å². The fraction of sp³-hybridized carbons (Fsp3) is 0.368. The summed E-state index contributed by atoms with van der Waals surface area (Å²) in [5.74, 6) is -1.28. The van der Waals surface area contributed by atoms with Crippen molar-refractivity contribution >= 4 is 29.1 Å². The molecule has 0 unspecified atom stereocenters. The molecule has 2 aliphatic heterocycles. The molecule has 0 spiro atoms. The van der Waals surface area contributed by atoms with Crippen LogP contribution in [0.5, 0.6) is 0 Å². The third-order valence-corrected chi connectivity index (χ3v) is 6.05. The Labute approximate surface area is 160 Å². The highest BCUT2D eigenvalue weighted by atomic mass is 32.1. The number of amides is 3. The summed E-state index contributed by atoms with van der Waals surface area (Å²) in [4.78, 5) is 45.2. The number of thiazole rings is 1. The average molecular weight is 384 g/mol. The summed E-state index contributed by atoms with van der Waals surface area (Å²) in [7, 11) is 0. The summed E-state index contributed by atoms with van der Waals surface area (Å²) in [6.07, 6.45) is 0.459. The molecule has 2 fully saturated rings. The summed E-state index contributed by atoms with van der Waals surface area (Å²) in [5, 5.41) is 2.52. The average Bonchev–Trinajstić information content (AvgIpc) is 3.26. The van der Waals surface area contributed by atoms with Crippen LogP contribution in [0.1, 0.15) is 33.5 Å². The van der Waals surface area contributed by atoms with Crippen molar-refractivity contribution in [2.24, 2.45) is 11.7 Å². The minimum Gasteiger partial charge on any atom is -0.369 e. The number of rotatable bonds is 3.